The normalized spacial score (nSPS) is 16.0. The van der Waals surface area contributed by atoms with Gasteiger partial charge in [0.2, 0.25) is 0 Å². The molecule has 1 atom stereocenters. The summed E-state index contributed by atoms with van der Waals surface area (Å²) in [5, 5.41) is 13.7. The van der Waals surface area contributed by atoms with E-state index in [-0.39, 0.29) is 27.7 Å². The van der Waals surface area contributed by atoms with Crippen LogP contribution in [0, 0.1) is 17.7 Å². The Hall–Kier alpha value is -3.42. The molecule has 2 N–H and O–H groups in total. The van der Waals surface area contributed by atoms with Gasteiger partial charge < -0.3 is 20.1 Å². The third-order valence-corrected chi connectivity index (χ3v) is 5.45. The number of para-hydroxylation sites is 1. The van der Waals surface area contributed by atoms with Crippen LogP contribution in [-0.4, -0.2) is 47.4 Å². The third-order valence-electron chi connectivity index (χ3n) is 5.45. The van der Waals surface area contributed by atoms with Gasteiger partial charge >= 0.3 is 6.09 Å². The Morgan fingerprint density at radius 1 is 1.31 bits per heavy atom. The van der Waals surface area contributed by atoms with Crippen molar-refractivity contribution in [2.45, 2.75) is 20.3 Å². The predicted octanol–water partition coefficient (Wildman–Crippen LogP) is 5.09. The number of carbonyl (C=O) groups is 1. The molecule has 0 radical (unpaired) electrons. The molecule has 1 amide bonds. The Labute approximate surface area is 190 Å². The summed E-state index contributed by atoms with van der Waals surface area (Å²) in [5.74, 6) is 1.24. The molecule has 1 saturated heterocycles. The van der Waals surface area contributed by atoms with Crippen LogP contribution in [0.2, 0.25) is 0 Å². The van der Waals surface area contributed by atoms with Crippen LogP contribution in [0.1, 0.15) is 24.5 Å². The maximum absolute atomic E-state index is 14.0. The lowest BCUT2D eigenvalue weighted by Gasteiger charge is -2.20. The first-order valence-electron chi connectivity index (χ1n) is 10.8. The molecule has 3 aromatic rings. The number of rotatable bonds is 6. The lowest BCUT2D eigenvalue weighted by Crippen LogP contribution is -2.32. The molecule has 2 aromatic carbocycles. The summed E-state index contributed by atoms with van der Waals surface area (Å²) in [6.45, 7) is 6.23. The van der Waals surface area contributed by atoms with Gasteiger partial charge in [0.25, 0.3) is 0 Å². The maximum Gasteiger partial charge on any atom is 0.407 e. The molecule has 1 aliphatic heterocycles. The molecule has 8 heteroatoms. The van der Waals surface area contributed by atoms with Crippen LogP contribution >= 0.6 is 0 Å². The van der Waals surface area contributed by atoms with Gasteiger partial charge in [-0.15, -0.1) is 0 Å². The molecule has 0 saturated carbocycles. The fourth-order valence-corrected chi connectivity index (χ4v) is 3.82. The number of fused-ring (bicyclic) bond motifs is 1. The van der Waals surface area contributed by atoms with Crippen LogP contribution in [0.15, 0.2) is 42.5 Å². The van der Waals surface area contributed by atoms with E-state index in [2.05, 4.69) is 15.2 Å². The van der Waals surface area contributed by atoms with E-state index < -0.39 is 6.09 Å². The lowest BCUT2D eigenvalue weighted by molar-refractivity contribution is 0.132. The quantitative estimate of drug-likeness (QED) is 0.551. The highest BCUT2D eigenvalue weighted by atomic mass is 19.1. The van der Waals surface area contributed by atoms with E-state index in [1.807, 2.05) is 19.9 Å². The highest BCUT2D eigenvalue weighted by molar-refractivity contribution is 5.91. The van der Waals surface area contributed by atoms with Crippen molar-refractivity contribution < 1.29 is 23.3 Å². The van der Waals surface area contributed by atoms with E-state index >= 15 is 0 Å². The Morgan fingerprint density at radius 3 is 2.91 bits per heavy atom. The van der Waals surface area contributed by atoms with Crippen molar-refractivity contribution in [3.63, 3.8) is 0 Å². The van der Waals surface area contributed by atoms with Gasteiger partial charge in [-0.05, 0) is 48.6 Å². The van der Waals surface area contributed by atoms with Crippen LogP contribution < -0.4 is 10.2 Å². The smallest absolute Gasteiger partial charge is 0.407 e. The van der Waals surface area contributed by atoms with Gasteiger partial charge in [0.1, 0.15) is 17.4 Å². The van der Waals surface area contributed by atoms with Gasteiger partial charge in [0, 0.05) is 29.3 Å². The molecule has 4 rings (SSSR count). The molecule has 1 aliphatic rings. The van der Waals surface area contributed by atoms with Crippen LogP contribution in [-0.2, 0) is 4.74 Å². The van der Waals surface area contributed by atoms with Crippen LogP contribution in [0.3, 0.4) is 0 Å². The van der Waals surface area contributed by atoms with Crippen molar-refractivity contribution in [1.82, 2.24) is 15.3 Å². The topological polar surface area (TPSA) is 87.6 Å². The second-order valence-corrected chi connectivity index (χ2v) is 8.52. The standard InChI is InChI=1S/C24H27FN4O3.3H2/c1-15(2)14-32-24(31)26-12-16-9-10-29(13-16)23-19-11-17(25)7-8-20(19)27-22(28-23)18-5-3-4-6-21(18)30;;;/h3-8,11,15-16,30H,9-10,12-14H2,1-2H3,(H,26,31);3*1H/t16-;;;/m0.../s1. The average molecular weight is 445 g/mol. The molecule has 32 heavy (non-hydrogen) atoms. The number of aromatic nitrogens is 2. The molecule has 174 valence electrons. The number of ether oxygens (including phenoxy) is 1. The zero-order chi connectivity index (χ0) is 22.7. The van der Waals surface area contributed by atoms with Crippen LogP contribution in [0.4, 0.5) is 15.0 Å². The summed E-state index contributed by atoms with van der Waals surface area (Å²) < 4.78 is 19.2. The molecular weight excluding hydrogens is 411 g/mol. The van der Waals surface area contributed by atoms with Crippen molar-refractivity contribution in [3.8, 4) is 17.1 Å². The number of nitrogens with zero attached hydrogens (tertiary/aromatic N) is 3. The van der Waals surface area contributed by atoms with Crippen molar-refractivity contribution in [3.05, 3.63) is 48.3 Å². The van der Waals surface area contributed by atoms with E-state index in [1.54, 1.807) is 24.3 Å². The molecular formula is C24H33FN4O3. The molecule has 7 nitrogen and oxygen atoms in total. The second-order valence-electron chi connectivity index (χ2n) is 8.52. The van der Waals surface area contributed by atoms with Crippen LogP contribution in [0.25, 0.3) is 22.3 Å². The number of carbonyl (C=O) groups excluding carboxylic acids is 1. The second kappa shape index (κ2) is 9.38. The Balaban J connectivity index is 0.00000204. The fraction of sp³-hybridized carbons (Fsp3) is 0.375. The minimum Gasteiger partial charge on any atom is -0.507 e. The molecule has 0 aliphatic carbocycles. The van der Waals surface area contributed by atoms with Crippen molar-refractivity contribution in [2.75, 3.05) is 31.1 Å². The molecule has 0 spiro atoms. The summed E-state index contributed by atoms with van der Waals surface area (Å²) >= 11 is 0. The first-order valence-corrected chi connectivity index (χ1v) is 10.8. The minimum absolute atomic E-state index is 0. The Kier molecular flexibility index (Phi) is 6.39. The highest BCUT2D eigenvalue weighted by Gasteiger charge is 2.26. The highest BCUT2D eigenvalue weighted by Crippen LogP contribution is 2.33. The largest absolute Gasteiger partial charge is 0.507 e. The number of hydrogen-bond donors (Lipinski definition) is 2. The van der Waals surface area contributed by atoms with Crippen molar-refractivity contribution in [2.24, 2.45) is 11.8 Å². The number of phenols is 1. The number of benzene rings is 2. The number of alkyl carbamates (subject to hydrolysis) is 1. The summed E-state index contributed by atoms with van der Waals surface area (Å²) in [6.07, 6.45) is 0.450. The molecule has 0 unspecified atom stereocenters. The molecule has 0 bridgehead atoms. The summed E-state index contributed by atoms with van der Waals surface area (Å²) in [6, 6.07) is 11.3. The SMILES string of the molecule is CC(C)COC(=O)NC[C@@H]1CCN(c2nc(-c3ccccc3O)nc3ccc(F)cc23)C1.[HH].[HH].[HH]. The number of nitrogens with one attached hydrogen (secondary N) is 1. The number of hydrogen-bond acceptors (Lipinski definition) is 6. The average Bonchev–Trinajstić information content (AvgIpc) is 3.25. The number of aromatic hydroxyl groups is 1. The monoisotopic (exact) mass is 444 g/mol. The van der Waals surface area contributed by atoms with Gasteiger partial charge in [-0.2, -0.15) is 0 Å². The van der Waals surface area contributed by atoms with Crippen LogP contribution in [0.5, 0.6) is 5.75 Å². The van der Waals surface area contributed by atoms with Gasteiger partial charge in [-0.1, -0.05) is 26.0 Å². The lowest BCUT2D eigenvalue weighted by atomic mass is 10.1. The zero-order valence-corrected chi connectivity index (χ0v) is 18.2. The molecule has 1 fully saturated rings. The Bertz CT molecular complexity index is 1140. The number of amides is 1. The van der Waals surface area contributed by atoms with Gasteiger partial charge in [-0.25, -0.2) is 19.2 Å². The predicted molar refractivity (Wildman–Crippen MR) is 127 cm³/mol. The molecule has 1 aromatic heterocycles. The summed E-state index contributed by atoms with van der Waals surface area (Å²) in [7, 11) is 0. The van der Waals surface area contributed by atoms with E-state index in [9.17, 15) is 14.3 Å². The fourth-order valence-electron chi connectivity index (χ4n) is 3.82. The first kappa shape index (κ1) is 21.8. The van der Waals surface area contributed by atoms with Gasteiger partial charge in [-0.3, -0.25) is 0 Å². The van der Waals surface area contributed by atoms with Gasteiger partial charge in [0.05, 0.1) is 17.7 Å². The first-order chi connectivity index (χ1) is 15.4. The number of halogens is 1. The minimum atomic E-state index is -0.409. The summed E-state index contributed by atoms with van der Waals surface area (Å²) in [4.78, 5) is 23.2. The van der Waals surface area contributed by atoms with E-state index in [1.165, 1.54) is 12.1 Å². The summed E-state index contributed by atoms with van der Waals surface area (Å²) in [5.41, 5.74) is 1.12. The third kappa shape index (κ3) is 4.90. The zero-order valence-electron chi connectivity index (χ0n) is 18.2. The van der Waals surface area contributed by atoms with E-state index in [0.717, 1.165) is 13.0 Å². The van der Waals surface area contributed by atoms with E-state index in [0.29, 0.717) is 47.8 Å². The number of anilines is 1. The van der Waals surface area contributed by atoms with Crippen molar-refractivity contribution >= 4 is 22.8 Å². The van der Waals surface area contributed by atoms with Gasteiger partial charge in [0.15, 0.2) is 5.82 Å². The molecule has 2 heterocycles. The number of phenolic OH excluding ortho intramolecular Hbond substituents is 1. The van der Waals surface area contributed by atoms with E-state index in [4.69, 9.17) is 9.72 Å². The Morgan fingerprint density at radius 2 is 2.12 bits per heavy atom. The maximum atomic E-state index is 14.0. The van der Waals surface area contributed by atoms with Crippen molar-refractivity contribution in [1.29, 1.82) is 0 Å².